The topological polar surface area (TPSA) is 63.7 Å². The van der Waals surface area contributed by atoms with Crippen LogP contribution in [0.15, 0.2) is 0 Å². The molecule has 0 atom stereocenters. The summed E-state index contributed by atoms with van der Waals surface area (Å²) in [6.07, 6.45) is 5.36. The lowest BCUT2D eigenvalue weighted by Gasteiger charge is -2.39. The van der Waals surface area contributed by atoms with Crippen LogP contribution in [0.25, 0.3) is 0 Å². The molecule has 0 aromatic carbocycles. The molecule has 1 saturated heterocycles. The minimum atomic E-state index is -0.904. The number of esters is 1. The van der Waals surface area contributed by atoms with Crippen molar-refractivity contribution in [1.29, 1.82) is 0 Å². The van der Waals surface area contributed by atoms with Crippen LogP contribution in [0.4, 0.5) is 0 Å². The summed E-state index contributed by atoms with van der Waals surface area (Å²) < 4.78 is 4.76. The zero-order valence-electron chi connectivity index (χ0n) is 11.9. The Morgan fingerprint density at radius 3 is 2.20 bits per heavy atom. The van der Waals surface area contributed by atoms with Crippen molar-refractivity contribution < 1.29 is 19.1 Å². The zero-order valence-corrected chi connectivity index (χ0v) is 11.9. The molecule has 1 amide bonds. The van der Waals surface area contributed by atoms with Gasteiger partial charge in [-0.2, -0.15) is 0 Å². The molecular weight excluding hydrogens is 258 g/mol. The first-order chi connectivity index (χ1) is 9.54. The molecule has 1 spiro atoms. The lowest BCUT2D eigenvalue weighted by molar-refractivity contribution is -0.157. The lowest BCUT2D eigenvalue weighted by Crippen LogP contribution is -2.48. The third kappa shape index (κ3) is 1.86. The summed E-state index contributed by atoms with van der Waals surface area (Å²) in [5.41, 5.74) is -1.07. The third-order valence-corrected chi connectivity index (χ3v) is 5.39. The van der Waals surface area contributed by atoms with Crippen LogP contribution in [-0.4, -0.2) is 42.8 Å². The Morgan fingerprint density at radius 2 is 1.75 bits per heavy atom. The summed E-state index contributed by atoms with van der Waals surface area (Å²) in [4.78, 5) is 38.0. The minimum Gasteiger partial charge on any atom is -0.468 e. The number of carbonyl (C=O) groups excluding carboxylic acids is 3. The lowest BCUT2D eigenvalue weighted by atomic mass is 9.76. The van der Waals surface area contributed by atoms with Crippen LogP contribution in [0.3, 0.4) is 0 Å². The average Bonchev–Trinajstić information content (AvgIpc) is 3.21. The molecule has 3 fully saturated rings. The standard InChI is InChI=1S/C15H21NO4/c1-20-13(19)15(5-6-15)12(18)16-9-7-14(8-10-16)4-2-3-11(14)17/h2-10H2,1H3. The largest absolute Gasteiger partial charge is 0.468 e. The second-order valence-electron chi connectivity index (χ2n) is 6.42. The highest BCUT2D eigenvalue weighted by Gasteiger charge is 2.60. The van der Waals surface area contributed by atoms with Gasteiger partial charge in [-0.15, -0.1) is 0 Å². The van der Waals surface area contributed by atoms with Crippen LogP contribution < -0.4 is 0 Å². The summed E-state index contributed by atoms with van der Waals surface area (Å²) in [5, 5.41) is 0. The number of ketones is 1. The Balaban J connectivity index is 1.65. The fraction of sp³-hybridized carbons (Fsp3) is 0.800. The van der Waals surface area contributed by atoms with Gasteiger partial charge in [0, 0.05) is 24.9 Å². The predicted octanol–water partition coefficient (Wildman–Crippen LogP) is 1.30. The maximum absolute atomic E-state index is 12.5. The third-order valence-electron chi connectivity index (χ3n) is 5.39. The Bertz CT molecular complexity index is 458. The average molecular weight is 279 g/mol. The normalized spacial score (nSPS) is 26.6. The molecular formula is C15H21NO4. The maximum atomic E-state index is 12.5. The van der Waals surface area contributed by atoms with Crippen molar-refractivity contribution in [2.75, 3.05) is 20.2 Å². The van der Waals surface area contributed by atoms with Gasteiger partial charge < -0.3 is 9.64 Å². The number of Topliss-reactive ketones (excluding diaryl/α,β-unsaturated/α-hetero) is 1. The van der Waals surface area contributed by atoms with E-state index in [9.17, 15) is 14.4 Å². The smallest absolute Gasteiger partial charge is 0.321 e. The Labute approximate surface area is 118 Å². The maximum Gasteiger partial charge on any atom is 0.321 e. The molecule has 0 radical (unpaired) electrons. The molecule has 2 aliphatic carbocycles. The monoisotopic (exact) mass is 279 g/mol. The van der Waals surface area contributed by atoms with Gasteiger partial charge in [0.1, 0.15) is 11.2 Å². The molecule has 0 aromatic heterocycles. The van der Waals surface area contributed by atoms with E-state index in [0.717, 1.165) is 25.7 Å². The van der Waals surface area contributed by atoms with Crippen molar-refractivity contribution in [2.45, 2.75) is 44.9 Å². The highest BCUT2D eigenvalue weighted by molar-refractivity contribution is 6.05. The zero-order chi connectivity index (χ0) is 14.4. The van der Waals surface area contributed by atoms with Crippen LogP contribution in [0.2, 0.25) is 0 Å². The SMILES string of the molecule is COC(=O)C1(C(=O)N2CCC3(CCCC3=O)CC2)CC1. The van der Waals surface area contributed by atoms with Gasteiger partial charge in [-0.05, 0) is 38.5 Å². The summed E-state index contributed by atoms with van der Waals surface area (Å²) in [6, 6.07) is 0. The molecule has 3 aliphatic rings. The first-order valence-electron chi connectivity index (χ1n) is 7.45. The summed E-state index contributed by atoms with van der Waals surface area (Å²) >= 11 is 0. The van der Waals surface area contributed by atoms with E-state index in [2.05, 4.69) is 0 Å². The molecule has 110 valence electrons. The molecule has 2 saturated carbocycles. The van der Waals surface area contributed by atoms with Gasteiger partial charge in [0.15, 0.2) is 0 Å². The Morgan fingerprint density at radius 1 is 1.10 bits per heavy atom. The van der Waals surface area contributed by atoms with E-state index in [-0.39, 0.29) is 11.3 Å². The van der Waals surface area contributed by atoms with E-state index in [1.54, 1.807) is 4.90 Å². The van der Waals surface area contributed by atoms with E-state index in [1.165, 1.54) is 7.11 Å². The summed E-state index contributed by atoms with van der Waals surface area (Å²) in [5.74, 6) is -0.122. The van der Waals surface area contributed by atoms with E-state index < -0.39 is 11.4 Å². The van der Waals surface area contributed by atoms with Gasteiger partial charge in [-0.25, -0.2) is 0 Å². The van der Waals surface area contributed by atoms with E-state index in [1.807, 2.05) is 0 Å². The number of carbonyl (C=O) groups is 3. The minimum absolute atomic E-state index is 0.0929. The van der Waals surface area contributed by atoms with E-state index >= 15 is 0 Å². The molecule has 1 heterocycles. The first kappa shape index (κ1) is 13.6. The van der Waals surface area contributed by atoms with Gasteiger partial charge in [0.2, 0.25) is 5.91 Å². The molecule has 1 aliphatic heterocycles. The quantitative estimate of drug-likeness (QED) is 0.564. The van der Waals surface area contributed by atoms with Crippen molar-refractivity contribution in [2.24, 2.45) is 10.8 Å². The second-order valence-corrected chi connectivity index (χ2v) is 6.42. The molecule has 0 bridgehead atoms. The number of piperidine rings is 1. The number of ether oxygens (including phenoxy) is 1. The number of hydrogen-bond acceptors (Lipinski definition) is 4. The van der Waals surface area contributed by atoms with Crippen molar-refractivity contribution in [3.8, 4) is 0 Å². The van der Waals surface area contributed by atoms with Crippen molar-refractivity contribution in [1.82, 2.24) is 4.90 Å². The van der Waals surface area contributed by atoms with Gasteiger partial charge in [-0.1, -0.05) is 0 Å². The van der Waals surface area contributed by atoms with Crippen LogP contribution >= 0.6 is 0 Å². The highest BCUT2D eigenvalue weighted by atomic mass is 16.5. The fourth-order valence-corrected chi connectivity index (χ4v) is 3.79. The summed E-state index contributed by atoms with van der Waals surface area (Å²) in [6.45, 7) is 1.20. The van der Waals surface area contributed by atoms with Crippen molar-refractivity contribution in [3.05, 3.63) is 0 Å². The Kier molecular flexibility index (Phi) is 3.10. The number of nitrogens with zero attached hydrogens (tertiary/aromatic N) is 1. The molecule has 5 nitrogen and oxygen atoms in total. The molecule has 3 rings (SSSR count). The molecule has 5 heteroatoms. The van der Waals surface area contributed by atoms with Crippen molar-refractivity contribution in [3.63, 3.8) is 0 Å². The van der Waals surface area contributed by atoms with Crippen LogP contribution in [0.1, 0.15) is 44.9 Å². The number of methoxy groups -OCH3 is 1. The highest BCUT2D eigenvalue weighted by Crippen LogP contribution is 2.50. The number of hydrogen-bond donors (Lipinski definition) is 0. The second kappa shape index (κ2) is 4.57. The van der Waals surface area contributed by atoms with Gasteiger partial charge in [0.05, 0.1) is 7.11 Å². The molecule has 0 unspecified atom stereocenters. The van der Waals surface area contributed by atoms with Gasteiger partial charge in [-0.3, -0.25) is 14.4 Å². The Hall–Kier alpha value is -1.39. The number of rotatable bonds is 2. The van der Waals surface area contributed by atoms with E-state index in [0.29, 0.717) is 38.1 Å². The van der Waals surface area contributed by atoms with Crippen LogP contribution in [0, 0.1) is 10.8 Å². The van der Waals surface area contributed by atoms with Crippen LogP contribution in [-0.2, 0) is 19.1 Å². The number of likely N-dealkylation sites (tertiary alicyclic amines) is 1. The van der Waals surface area contributed by atoms with Gasteiger partial charge in [0.25, 0.3) is 0 Å². The molecule has 20 heavy (non-hydrogen) atoms. The molecule has 0 aromatic rings. The van der Waals surface area contributed by atoms with Crippen LogP contribution in [0.5, 0.6) is 0 Å². The predicted molar refractivity (Wildman–Crippen MR) is 70.8 cm³/mol. The fourth-order valence-electron chi connectivity index (χ4n) is 3.79. The van der Waals surface area contributed by atoms with Gasteiger partial charge >= 0.3 is 5.97 Å². The first-order valence-corrected chi connectivity index (χ1v) is 7.45. The summed E-state index contributed by atoms with van der Waals surface area (Å²) in [7, 11) is 1.33. The van der Waals surface area contributed by atoms with E-state index in [4.69, 9.17) is 4.74 Å². The van der Waals surface area contributed by atoms with Crippen molar-refractivity contribution >= 4 is 17.7 Å². The molecule has 0 N–H and O–H groups in total. The number of amides is 1.